The van der Waals surface area contributed by atoms with Crippen molar-refractivity contribution in [3.63, 3.8) is 0 Å². The molecule has 21 heavy (non-hydrogen) atoms. The zero-order chi connectivity index (χ0) is 14.8. The number of nitrogens with one attached hydrogen (secondary N) is 2. The molecule has 0 atom stereocenters. The number of halogens is 3. The smallest absolute Gasteiger partial charge is 0.191 e. The van der Waals surface area contributed by atoms with E-state index in [2.05, 4.69) is 15.6 Å². The second kappa shape index (κ2) is 11.7. The lowest BCUT2D eigenvalue weighted by atomic mass is 10.1. The minimum absolute atomic E-state index is 0. The number of rotatable bonds is 7. The van der Waals surface area contributed by atoms with Gasteiger partial charge < -0.3 is 15.4 Å². The van der Waals surface area contributed by atoms with E-state index in [-0.39, 0.29) is 24.0 Å². The molecule has 0 saturated heterocycles. The van der Waals surface area contributed by atoms with Gasteiger partial charge in [0.1, 0.15) is 11.6 Å². The fraction of sp³-hybridized carbons (Fsp3) is 0.500. The van der Waals surface area contributed by atoms with Gasteiger partial charge in [-0.15, -0.1) is 24.0 Å². The van der Waals surface area contributed by atoms with Crippen molar-refractivity contribution in [1.29, 1.82) is 0 Å². The lowest BCUT2D eigenvalue weighted by Gasteiger charge is -2.12. The van der Waals surface area contributed by atoms with Crippen LogP contribution in [0.25, 0.3) is 0 Å². The molecule has 1 aromatic carbocycles. The minimum Gasteiger partial charge on any atom is -0.380 e. The maximum atomic E-state index is 13.4. The summed E-state index contributed by atoms with van der Waals surface area (Å²) in [4.78, 5) is 4.03. The Labute approximate surface area is 141 Å². The average molecular weight is 413 g/mol. The first-order valence-corrected chi connectivity index (χ1v) is 6.63. The van der Waals surface area contributed by atoms with E-state index in [1.807, 2.05) is 6.92 Å². The van der Waals surface area contributed by atoms with E-state index < -0.39 is 11.6 Å². The fourth-order valence-corrected chi connectivity index (χ4v) is 1.66. The summed E-state index contributed by atoms with van der Waals surface area (Å²) in [6, 6.07) is 3.46. The van der Waals surface area contributed by atoms with E-state index in [4.69, 9.17) is 4.74 Å². The summed E-state index contributed by atoms with van der Waals surface area (Å²) in [5.41, 5.74) is 0.349. The number of nitrogens with zero attached hydrogens (tertiary/aromatic N) is 1. The summed E-state index contributed by atoms with van der Waals surface area (Å²) in [7, 11) is 1.65. The second-order valence-corrected chi connectivity index (χ2v) is 4.11. The highest BCUT2D eigenvalue weighted by atomic mass is 127. The molecule has 0 radical (unpaired) electrons. The molecule has 0 aliphatic carbocycles. The standard InChI is InChI=1S/C14H21F2N3O.HI/c1-3-20-9-8-19-14(17-2)18-7-6-11-10-12(15)4-5-13(11)16;/h4-5,10H,3,6-9H2,1-2H3,(H2,17,18,19);1H. The molecule has 1 aromatic rings. The molecule has 7 heteroatoms. The Bertz CT molecular complexity index is 444. The van der Waals surface area contributed by atoms with Crippen LogP contribution in [0, 0.1) is 11.6 Å². The van der Waals surface area contributed by atoms with E-state index in [1.165, 1.54) is 6.07 Å². The molecule has 0 saturated carbocycles. The van der Waals surface area contributed by atoms with E-state index in [0.29, 0.717) is 44.2 Å². The first-order chi connectivity index (χ1) is 9.67. The van der Waals surface area contributed by atoms with E-state index in [9.17, 15) is 8.78 Å². The van der Waals surface area contributed by atoms with E-state index >= 15 is 0 Å². The van der Waals surface area contributed by atoms with Crippen LogP contribution in [-0.2, 0) is 11.2 Å². The van der Waals surface area contributed by atoms with Gasteiger partial charge in [-0.1, -0.05) is 0 Å². The lowest BCUT2D eigenvalue weighted by molar-refractivity contribution is 0.152. The van der Waals surface area contributed by atoms with Crippen molar-refractivity contribution in [3.8, 4) is 0 Å². The predicted octanol–water partition coefficient (Wildman–Crippen LogP) is 2.33. The van der Waals surface area contributed by atoms with Crippen LogP contribution in [-0.4, -0.2) is 39.3 Å². The molecule has 0 spiro atoms. The Balaban J connectivity index is 0.00000400. The highest BCUT2D eigenvalue weighted by Gasteiger charge is 2.04. The van der Waals surface area contributed by atoms with Gasteiger partial charge in [0.15, 0.2) is 5.96 Å². The zero-order valence-electron chi connectivity index (χ0n) is 12.3. The van der Waals surface area contributed by atoms with Crippen molar-refractivity contribution in [2.24, 2.45) is 4.99 Å². The molecule has 0 aliphatic rings. The largest absolute Gasteiger partial charge is 0.380 e. The number of hydrogen-bond acceptors (Lipinski definition) is 2. The third kappa shape index (κ3) is 8.15. The number of ether oxygens (including phenoxy) is 1. The highest BCUT2D eigenvalue weighted by molar-refractivity contribution is 14.0. The highest BCUT2D eigenvalue weighted by Crippen LogP contribution is 2.09. The summed E-state index contributed by atoms with van der Waals surface area (Å²) < 4.78 is 31.6. The lowest BCUT2D eigenvalue weighted by Crippen LogP contribution is -2.39. The van der Waals surface area contributed by atoms with Crippen LogP contribution in [0.1, 0.15) is 12.5 Å². The maximum absolute atomic E-state index is 13.4. The van der Waals surface area contributed by atoms with Crippen LogP contribution in [0.15, 0.2) is 23.2 Å². The van der Waals surface area contributed by atoms with Gasteiger partial charge in [0.05, 0.1) is 6.61 Å². The van der Waals surface area contributed by atoms with Crippen LogP contribution in [0.5, 0.6) is 0 Å². The van der Waals surface area contributed by atoms with Gasteiger partial charge in [0.25, 0.3) is 0 Å². The van der Waals surface area contributed by atoms with Gasteiger partial charge in [0, 0.05) is 26.7 Å². The number of benzene rings is 1. The normalized spacial score (nSPS) is 11.0. The van der Waals surface area contributed by atoms with Gasteiger partial charge in [0.2, 0.25) is 0 Å². The first-order valence-electron chi connectivity index (χ1n) is 6.63. The SMILES string of the molecule is CCOCCNC(=NC)NCCc1cc(F)ccc1F.I. The Kier molecular flexibility index (Phi) is 11.1. The molecular weight excluding hydrogens is 391 g/mol. The maximum Gasteiger partial charge on any atom is 0.191 e. The molecule has 0 aromatic heterocycles. The molecule has 2 N–H and O–H groups in total. The molecule has 120 valence electrons. The predicted molar refractivity (Wildman–Crippen MR) is 91.3 cm³/mol. The van der Waals surface area contributed by atoms with Gasteiger partial charge in [-0.2, -0.15) is 0 Å². The molecule has 0 bridgehead atoms. The number of aliphatic imine (C=N–C) groups is 1. The third-order valence-electron chi connectivity index (χ3n) is 2.66. The molecule has 0 fully saturated rings. The average Bonchev–Trinajstić information content (AvgIpc) is 2.45. The van der Waals surface area contributed by atoms with Crippen LogP contribution in [0.4, 0.5) is 8.78 Å². The first kappa shape index (κ1) is 20.0. The summed E-state index contributed by atoms with van der Waals surface area (Å²) in [6.07, 6.45) is 0.385. The van der Waals surface area contributed by atoms with E-state index in [1.54, 1.807) is 7.05 Å². The Hall–Kier alpha value is -0.960. The fourth-order valence-electron chi connectivity index (χ4n) is 1.66. The molecule has 0 aliphatic heterocycles. The van der Waals surface area contributed by atoms with E-state index in [0.717, 1.165) is 12.1 Å². The topological polar surface area (TPSA) is 45.6 Å². The molecule has 0 heterocycles. The quantitative estimate of drug-likeness (QED) is 0.312. The van der Waals surface area contributed by atoms with Crippen molar-refractivity contribution >= 4 is 29.9 Å². The van der Waals surface area contributed by atoms with Crippen molar-refractivity contribution in [3.05, 3.63) is 35.4 Å². The van der Waals surface area contributed by atoms with Gasteiger partial charge in [-0.3, -0.25) is 4.99 Å². The van der Waals surface area contributed by atoms with Crippen LogP contribution < -0.4 is 10.6 Å². The monoisotopic (exact) mass is 413 g/mol. The summed E-state index contributed by atoms with van der Waals surface area (Å²) in [5.74, 6) is -0.213. The minimum atomic E-state index is -0.430. The van der Waals surface area contributed by atoms with Gasteiger partial charge >= 0.3 is 0 Å². The molecule has 1 rings (SSSR count). The summed E-state index contributed by atoms with van der Waals surface area (Å²) >= 11 is 0. The Morgan fingerprint density at radius 3 is 2.62 bits per heavy atom. The van der Waals surface area contributed by atoms with Crippen LogP contribution in [0.2, 0.25) is 0 Å². The number of guanidine groups is 1. The summed E-state index contributed by atoms with van der Waals surface area (Å²) in [5, 5.41) is 6.10. The van der Waals surface area contributed by atoms with Crippen molar-refractivity contribution in [1.82, 2.24) is 10.6 Å². The van der Waals surface area contributed by atoms with Crippen molar-refractivity contribution in [2.45, 2.75) is 13.3 Å². The zero-order valence-corrected chi connectivity index (χ0v) is 14.6. The molecule has 4 nitrogen and oxygen atoms in total. The van der Waals surface area contributed by atoms with Crippen molar-refractivity contribution < 1.29 is 13.5 Å². The molecule has 0 unspecified atom stereocenters. The third-order valence-corrected chi connectivity index (χ3v) is 2.66. The Morgan fingerprint density at radius 2 is 1.95 bits per heavy atom. The molecular formula is C14H22F2IN3O. The molecule has 0 amide bonds. The van der Waals surface area contributed by atoms with Gasteiger partial charge in [-0.25, -0.2) is 8.78 Å². The van der Waals surface area contributed by atoms with Crippen LogP contribution >= 0.6 is 24.0 Å². The Morgan fingerprint density at radius 1 is 1.24 bits per heavy atom. The number of hydrogen-bond donors (Lipinski definition) is 2. The van der Waals surface area contributed by atoms with Crippen molar-refractivity contribution in [2.75, 3.05) is 33.4 Å². The van der Waals surface area contributed by atoms with Crippen LogP contribution in [0.3, 0.4) is 0 Å². The summed E-state index contributed by atoms with van der Waals surface area (Å²) in [6.45, 7) is 4.30. The second-order valence-electron chi connectivity index (χ2n) is 4.11. The van der Waals surface area contributed by atoms with Gasteiger partial charge in [-0.05, 0) is 37.1 Å².